The number of nitrogens with one attached hydrogen (secondary N) is 1. The van der Waals surface area contributed by atoms with Crippen molar-refractivity contribution >= 4 is 50.0 Å². The van der Waals surface area contributed by atoms with Crippen LogP contribution in [0.15, 0.2) is 65.2 Å². The van der Waals surface area contributed by atoms with E-state index >= 15 is 0 Å². The number of benzene rings is 2. The van der Waals surface area contributed by atoms with Gasteiger partial charge in [-0.15, -0.1) is 11.3 Å². The van der Waals surface area contributed by atoms with E-state index < -0.39 is 17.9 Å². The second kappa shape index (κ2) is 9.98. The molecule has 0 saturated carbocycles. The predicted octanol–water partition coefficient (Wildman–Crippen LogP) is 4.78. The van der Waals surface area contributed by atoms with Gasteiger partial charge in [-0.05, 0) is 35.7 Å². The minimum Gasteiger partial charge on any atom is -0.462 e. The van der Waals surface area contributed by atoms with Gasteiger partial charge in [-0.3, -0.25) is 18.8 Å². The average Bonchev–Trinajstić information content (AvgIpc) is 3.50. The van der Waals surface area contributed by atoms with Crippen molar-refractivity contribution in [3.8, 4) is 11.1 Å². The van der Waals surface area contributed by atoms with Crippen LogP contribution in [0.5, 0.6) is 0 Å². The molecule has 0 aliphatic rings. The van der Waals surface area contributed by atoms with Crippen LogP contribution in [0.3, 0.4) is 0 Å². The Hall–Kier alpha value is -4.31. The second-order valence-corrected chi connectivity index (χ2v) is 9.37. The van der Waals surface area contributed by atoms with E-state index in [0.29, 0.717) is 16.6 Å². The second-order valence-electron chi connectivity index (χ2n) is 8.51. The summed E-state index contributed by atoms with van der Waals surface area (Å²) in [4.78, 5) is 44.5. The number of anilines is 1. The molecule has 0 radical (unpaired) electrons. The lowest BCUT2D eigenvalue weighted by atomic mass is 10.0. The van der Waals surface area contributed by atoms with Crippen molar-refractivity contribution in [2.75, 3.05) is 11.9 Å². The standard InChI is InChI=1S/C27H25N5O4S/c1-4-21(24(33)30-23-19(13-29-31(23)3)27(35)36-5-2)32-15-28-25-22(26(32)34)20(14-37-25)18-11-10-16-8-6-7-9-17(16)12-18/h6-15,21H,4-5H2,1-3H3,(H,30,33). The fourth-order valence-electron chi connectivity index (χ4n) is 4.39. The number of ether oxygens (including phenoxy) is 1. The van der Waals surface area contributed by atoms with Crippen LogP contribution in [0, 0.1) is 0 Å². The summed E-state index contributed by atoms with van der Waals surface area (Å²) in [6.07, 6.45) is 3.09. The van der Waals surface area contributed by atoms with Crippen LogP contribution in [-0.4, -0.2) is 37.8 Å². The number of hydrogen-bond acceptors (Lipinski definition) is 7. The molecule has 1 N–H and O–H groups in total. The molecule has 2 aromatic carbocycles. The minimum absolute atomic E-state index is 0.143. The SMILES string of the molecule is CCOC(=O)c1cnn(C)c1NC(=O)C(CC)n1cnc2scc(-c3ccc4ccccc4c3)c2c1=O. The van der Waals surface area contributed by atoms with Crippen molar-refractivity contribution in [3.05, 3.63) is 76.3 Å². The Balaban J connectivity index is 1.53. The van der Waals surface area contributed by atoms with Crippen molar-refractivity contribution in [3.63, 3.8) is 0 Å². The smallest absolute Gasteiger partial charge is 0.343 e. The van der Waals surface area contributed by atoms with E-state index in [1.807, 2.05) is 48.7 Å². The van der Waals surface area contributed by atoms with E-state index in [4.69, 9.17) is 4.74 Å². The Morgan fingerprint density at radius 3 is 2.68 bits per heavy atom. The maximum Gasteiger partial charge on any atom is 0.343 e. The maximum absolute atomic E-state index is 13.7. The van der Waals surface area contributed by atoms with Gasteiger partial charge in [-0.2, -0.15) is 5.10 Å². The van der Waals surface area contributed by atoms with Gasteiger partial charge in [0.25, 0.3) is 5.56 Å². The van der Waals surface area contributed by atoms with Gasteiger partial charge in [0.2, 0.25) is 5.91 Å². The molecule has 0 aliphatic heterocycles. The van der Waals surface area contributed by atoms with Crippen molar-refractivity contribution in [2.24, 2.45) is 7.05 Å². The number of esters is 1. The third-order valence-corrected chi connectivity index (χ3v) is 7.17. The van der Waals surface area contributed by atoms with Crippen LogP contribution in [0.1, 0.15) is 36.7 Å². The lowest BCUT2D eigenvalue weighted by molar-refractivity contribution is -0.119. The Morgan fingerprint density at radius 1 is 1.14 bits per heavy atom. The summed E-state index contributed by atoms with van der Waals surface area (Å²) < 4.78 is 7.81. The molecule has 37 heavy (non-hydrogen) atoms. The zero-order chi connectivity index (χ0) is 26.1. The predicted molar refractivity (Wildman–Crippen MR) is 144 cm³/mol. The highest BCUT2D eigenvalue weighted by molar-refractivity contribution is 7.17. The lowest BCUT2D eigenvalue weighted by Gasteiger charge is -2.18. The highest BCUT2D eigenvalue weighted by Crippen LogP contribution is 2.33. The number of carbonyl (C=O) groups excluding carboxylic acids is 2. The topological polar surface area (TPSA) is 108 Å². The molecule has 1 amide bonds. The maximum atomic E-state index is 13.7. The highest BCUT2D eigenvalue weighted by atomic mass is 32.1. The van der Waals surface area contributed by atoms with Crippen LogP contribution in [0.2, 0.25) is 0 Å². The molecule has 0 aliphatic carbocycles. The normalized spacial score (nSPS) is 12.1. The summed E-state index contributed by atoms with van der Waals surface area (Å²) in [6, 6.07) is 13.3. The first kappa shape index (κ1) is 24.4. The molecule has 5 rings (SSSR count). The van der Waals surface area contributed by atoms with Gasteiger partial charge in [0, 0.05) is 18.0 Å². The van der Waals surface area contributed by atoms with Crippen LogP contribution in [0.4, 0.5) is 5.82 Å². The number of carbonyl (C=O) groups is 2. The Morgan fingerprint density at radius 2 is 1.92 bits per heavy atom. The third kappa shape index (κ3) is 4.40. The van der Waals surface area contributed by atoms with Crippen LogP contribution < -0.4 is 10.9 Å². The Bertz CT molecular complexity index is 1700. The summed E-state index contributed by atoms with van der Waals surface area (Å²) >= 11 is 1.39. The number of aromatic nitrogens is 4. The van der Waals surface area contributed by atoms with Gasteiger partial charge < -0.3 is 10.1 Å². The number of thiophene rings is 1. The van der Waals surface area contributed by atoms with Gasteiger partial charge in [-0.25, -0.2) is 9.78 Å². The van der Waals surface area contributed by atoms with E-state index in [1.54, 1.807) is 14.0 Å². The largest absolute Gasteiger partial charge is 0.462 e. The van der Waals surface area contributed by atoms with Crippen molar-refractivity contribution in [2.45, 2.75) is 26.3 Å². The fourth-order valence-corrected chi connectivity index (χ4v) is 5.30. The Labute approximate surface area is 216 Å². The molecule has 1 unspecified atom stereocenters. The van der Waals surface area contributed by atoms with Crippen molar-refractivity contribution < 1.29 is 14.3 Å². The number of rotatable bonds is 7. The molecule has 9 nitrogen and oxygen atoms in total. The number of fused-ring (bicyclic) bond motifs is 2. The molecule has 0 saturated heterocycles. The number of nitrogens with zero attached hydrogens (tertiary/aromatic N) is 4. The van der Waals surface area contributed by atoms with E-state index in [-0.39, 0.29) is 23.5 Å². The number of amides is 1. The average molecular weight is 516 g/mol. The van der Waals surface area contributed by atoms with E-state index in [9.17, 15) is 14.4 Å². The van der Waals surface area contributed by atoms with Gasteiger partial charge in [0.1, 0.15) is 22.3 Å². The highest BCUT2D eigenvalue weighted by Gasteiger charge is 2.26. The molecule has 188 valence electrons. The van der Waals surface area contributed by atoms with Gasteiger partial charge >= 0.3 is 5.97 Å². The first-order valence-corrected chi connectivity index (χ1v) is 12.8. The summed E-state index contributed by atoms with van der Waals surface area (Å²) in [6.45, 7) is 3.71. The lowest BCUT2D eigenvalue weighted by Crippen LogP contribution is -2.34. The van der Waals surface area contributed by atoms with Gasteiger partial charge in [0.15, 0.2) is 0 Å². The van der Waals surface area contributed by atoms with Crippen molar-refractivity contribution in [1.82, 2.24) is 19.3 Å². The van der Waals surface area contributed by atoms with Crippen LogP contribution in [-0.2, 0) is 16.6 Å². The van der Waals surface area contributed by atoms with E-state index in [1.165, 1.54) is 33.1 Å². The molecule has 3 heterocycles. The quantitative estimate of drug-likeness (QED) is 0.313. The molecule has 10 heteroatoms. The molecular formula is C27H25N5O4S. The van der Waals surface area contributed by atoms with Crippen LogP contribution >= 0.6 is 11.3 Å². The molecular weight excluding hydrogens is 490 g/mol. The first-order valence-electron chi connectivity index (χ1n) is 11.9. The van der Waals surface area contributed by atoms with E-state index in [0.717, 1.165) is 21.9 Å². The van der Waals surface area contributed by atoms with Crippen molar-refractivity contribution in [1.29, 1.82) is 0 Å². The zero-order valence-electron chi connectivity index (χ0n) is 20.6. The molecule has 0 fully saturated rings. The van der Waals surface area contributed by atoms with Crippen LogP contribution in [0.25, 0.3) is 32.1 Å². The fraction of sp³-hybridized carbons (Fsp3) is 0.222. The zero-order valence-corrected chi connectivity index (χ0v) is 21.4. The molecule has 0 bridgehead atoms. The van der Waals surface area contributed by atoms with Gasteiger partial charge in [-0.1, -0.05) is 43.3 Å². The Kier molecular flexibility index (Phi) is 6.58. The molecule has 0 spiro atoms. The summed E-state index contributed by atoms with van der Waals surface area (Å²) in [7, 11) is 1.61. The number of hydrogen-bond donors (Lipinski definition) is 1. The third-order valence-electron chi connectivity index (χ3n) is 6.28. The molecule has 1 atom stereocenters. The molecule has 5 aromatic rings. The van der Waals surface area contributed by atoms with Gasteiger partial charge in [0.05, 0.1) is 24.5 Å². The summed E-state index contributed by atoms with van der Waals surface area (Å²) in [5.74, 6) is -0.837. The van der Waals surface area contributed by atoms with E-state index in [2.05, 4.69) is 21.5 Å². The minimum atomic E-state index is -0.848. The summed E-state index contributed by atoms with van der Waals surface area (Å²) in [5.41, 5.74) is 1.54. The summed E-state index contributed by atoms with van der Waals surface area (Å²) in [5, 5.41) is 11.4. The monoisotopic (exact) mass is 515 g/mol. The first-order chi connectivity index (χ1) is 17.9. The molecule has 3 aromatic heterocycles. The number of aryl methyl sites for hydroxylation is 1.